The molecule has 5 heteroatoms. The Morgan fingerprint density at radius 1 is 0.971 bits per heavy atom. The lowest BCUT2D eigenvalue weighted by Crippen LogP contribution is -2.57. The fourth-order valence-corrected chi connectivity index (χ4v) is 6.69. The predicted octanol–water partition coefficient (Wildman–Crippen LogP) is 4.78. The van der Waals surface area contributed by atoms with E-state index in [-0.39, 0.29) is 23.1 Å². The molecule has 1 heterocycles. The maximum absolute atomic E-state index is 13.5. The van der Waals surface area contributed by atoms with Crippen LogP contribution in [0.4, 0.5) is 5.69 Å². The van der Waals surface area contributed by atoms with Gasteiger partial charge in [0.2, 0.25) is 11.8 Å². The van der Waals surface area contributed by atoms with Crippen LogP contribution >= 0.6 is 0 Å². The van der Waals surface area contributed by atoms with E-state index in [1.54, 1.807) is 6.20 Å². The number of pyridine rings is 1. The third-order valence-corrected chi connectivity index (χ3v) is 7.89. The van der Waals surface area contributed by atoms with E-state index in [9.17, 15) is 9.59 Å². The fourth-order valence-electron chi connectivity index (χ4n) is 6.69. The Kier molecular flexibility index (Phi) is 6.16. The van der Waals surface area contributed by atoms with Gasteiger partial charge in [0.1, 0.15) is 11.7 Å². The quantitative estimate of drug-likeness (QED) is 0.638. The zero-order valence-corrected chi connectivity index (χ0v) is 20.0. The topological polar surface area (TPSA) is 71.1 Å². The van der Waals surface area contributed by atoms with Gasteiger partial charge in [-0.3, -0.25) is 9.59 Å². The van der Waals surface area contributed by atoms with E-state index in [1.165, 1.54) is 19.3 Å². The van der Waals surface area contributed by atoms with Crippen molar-refractivity contribution < 1.29 is 9.59 Å². The standard InChI is InChI=1S/C29H33N3O2/c1-19(2)26(32-28(34)29-16-21-12-22(17-29)14-23(13-21)18-29)27(33)31-25-8-5-6-20(15-25)9-10-24-7-3-4-11-30-24/h3-8,11,15,19,21-23,26H,12-14,16-18H2,1-2H3,(H,31,33)(H,32,34). The summed E-state index contributed by atoms with van der Waals surface area (Å²) in [6.07, 6.45) is 8.57. The third kappa shape index (κ3) is 4.73. The second-order valence-corrected chi connectivity index (χ2v) is 10.9. The molecular weight excluding hydrogens is 422 g/mol. The second kappa shape index (κ2) is 9.25. The first-order valence-corrected chi connectivity index (χ1v) is 12.6. The number of carbonyl (C=O) groups excluding carboxylic acids is 2. The Morgan fingerprint density at radius 2 is 1.68 bits per heavy atom. The molecule has 0 saturated heterocycles. The van der Waals surface area contributed by atoms with Crippen molar-refractivity contribution in [1.82, 2.24) is 10.3 Å². The molecule has 176 valence electrons. The average Bonchev–Trinajstić information content (AvgIpc) is 2.81. The number of hydrogen-bond acceptors (Lipinski definition) is 3. The highest BCUT2D eigenvalue weighted by molar-refractivity contribution is 5.98. The summed E-state index contributed by atoms with van der Waals surface area (Å²) in [5, 5.41) is 6.17. The van der Waals surface area contributed by atoms with Crippen LogP contribution in [-0.4, -0.2) is 22.8 Å². The summed E-state index contributed by atoms with van der Waals surface area (Å²) in [7, 11) is 0. The molecule has 2 amide bonds. The molecule has 2 aromatic rings. The number of nitrogens with one attached hydrogen (secondary N) is 2. The normalized spacial score (nSPS) is 27.6. The van der Waals surface area contributed by atoms with E-state index in [0.717, 1.165) is 24.8 Å². The second-order valence-electron chi connectivity index (χ2n) is 10.9. The predicted molar refractivity (Wildman–Crippen MR) is 133 cm³/mol. The Morgan fingerprint density at radius 3 is 2.29 bits per heavy atom. The maximum Gasteiger partial charge on any atom is 0.247 e. The van der Waals surface area contributed by atoms with E-state index in [1.807, 2.05) is 56.3 Å². The molecule has 1 unspecified atom stereocenters. The summed E-state index contributed by atoms with van der Waals surface area (Å²) < 4.78 is 0. The lowest BCUT2D eigenvalue weighted by atomic mass is 9.49. The number of benzene rings is 1. The van der Waals surface area contributed by atoms with Gasteiger partial charge < -0.3 is 10.6 Å². The van der Waals surface area contributed by atoms with Crippen LogP contribution in [0.3, 0.4) is 0 Å². The molecule has 1 aromatic carbocycles. The molecule has 4 aliphatic rings. The monoisotopic (exact) mass is 455 g/mol. The van der Waals surface area contributed by atoms with E-state index < -0.39 is 6.04 Å². The van der Waals surface area contributed by atoms with Crippen molar-refractivity contribution in [2.45, 2.75) is 58.4 Å². The fraction of sp³-hybridized carbons (Fsp3) is 0.483. The van der Waals surface area contributed by atoms with Crippen LogP contribution in [0.25, 0.3) is 0 Å². The highest BCUT2D eigenvalue weighted by atomic mass is 16.2. The van der Waals surface area contributed by atoms with Gasteiger partial charge in [0.25, 0.3) is 0 Å². The summed E-state index contributed by atoms with van der Waals surface area (Å²) in [6.45, 7) is 3.97. The van der Waals surface area contributed by atoms with Gasteiger partial charge in [-0.15, -0.1) is 0 Å². The van der Waals surface area contributed by atoms with E-state index >= 15 is 0 Å². The molecule has 6 rings (SSSR count). The minimum absolute atomic E-state index is 0.00927. The van der Waals surface area contributed by atoms with Gasteiger partial charge in [-0.05, 0) is 98.4 Å². The van der Waals surface area contributed by atoms with Gasteiger partial charge in [-0.25, -0.2) is 4.98 Å². The first-order valence-electron chi connectivity index (χ1n) is 12.6. The number of anilines is 1. The first kappa shape index (κ1) is 22.7. The van der Waals surface area contributed by atoms with Crippen LogP contribution in [0.1, 0.15) is 63.6 Å². The van der Waals surface area contributed by atoms with Crippen LogP contribution in [0.2, 0.25) is 0 Å². The zero-order valence-electron chi connectivity index (χ0n) is 20.0. The van der Waals surface area contributed by atoms with Crippen molar-refractivity contribution in [2.24, 2.45) is 29.1 Å². The highest BCUT2D eigenvalue weighted by Crippen LogP contribution is 2.60. The lowest BCUT2D eigenvalue weighted by molar-refractivity contribution is -0.148. The van der Waals surface area contributed by atoms with Gasteiger partial charge in [0.15, 0.2) is 0 Å². The molecule has 1 aromatic heterocycles. The summed E-state index contributed by atoms with van der Waals surface area (Å²) in [6, 6.07) is 12.5. The first-order chi connectivity index (χ1) is 16.4. The van der Waals surface area contributed by atoms with Gasteiger partial charge in [-0.1, -0.05) is 31.9 Å². The maximum atomic E-state index is 13.5. The molecular formula is C29H33N3O2. The molecule has 0 radical (unpaired) electrons. The number of rotatable bonds is 5. The average molecular weight is 456 g/mol. The Labute approximate surface area is 202 Å². The minimum Gasteiger partial charge on any atom is -0.344 e. The van der Waals surface area contributed by atoms with Crippen LogP contribution in [0, 0.1) is 40.9 Å². The van der Waals surface area contributed by atoms with Crippen molar-refractivity contribution in [3.8, 4) is 11.8 Å². The van der Waals surface area contributed by atoms with Gasteiger partial charge in [-0.2, -0.15) is 0 Å². The molecule has 1 atom stereocenters. The van der Waals surface area contributed by atoms with Gasteiger partial charge in [0, 0.05) is 22.9 Å². The molecule has 0 spiro atoms. The highest BCUT2D eigenvalue weighted by Gasteiger charge is 2.55. The van der Waals surface area contributed by atoms with Crippen molar-refractivity contribution >= 4 is 17.5 Å². The van der Waals surface area contributed by atoms with Crippen LogP contribution in [0.5, 0.6) is 0 Å². The molecule has 4 aliphatic carbocycles. The number of nitrogens with zero attached hydrogens (tertiary/aromatic N) is 1. The van der Waals surface area contributed by atoms with Crippen molar-refractivity contribution in [3.05, 3.63) is 59.9 Å². The molecule has 5 nitrogen and oxygen atoms in total. The zero-order chi connectivity index (χ0) is 23.7. The third-order valence-electron chi connectivity index (χ3n) is 7.89. The summed E-state index contributed by atoms with van der Waals surface area (Å²) in [5.74, 6) is 8.12. The van der Waals surface area contributed by atoms with Crippen molar-refractivity contribution in [1.29, 1.82) is 0 Å². The number of carbonyl (C=O) groups is 2. The Balaban J connectivity index is 1.27. The van der Waals surface area contributed by atoms with Crippen molar-refractivity contribution in [2.75, 3.05) is 5.32 Å². The Hall–Kier alpha value is -3.13. The summed E-state index contributed by atoms with van der Waals surface area (Å²) in [4.78, 5) is 31.0. The van der Waals surface area contributed by atoms with Crippen LogP contribution < -0.4 is 10.6 Å². The molecule has 4 saturated carbocycles. The largest absolute Gasteiger partial charge is 0.344 e. The molecule has 4 bridgehead atoms. The summed E-state index contributed by atoms with van der Waals surface area (Å²) in [5.41, 5.74) is 1.90. The van der Waals surface area contributed by atoms with E-state index in [0.29, 0.717) is 29.1 Å². The van der Waals surface area contributed by atoms with Crippen LogP contribution in [-0.2, 0) is 9.59 Å². The minimum atomic E-state index is -0.566. The number of aromatic nitrogens is 1. The van der Waals surface area contributed by atoms with E-state index in [4.69, 9.17) is 0 Å². The number of hydrogen-bond donors (Lipinski definition) is 2. The van der Waals surface area contributed by atoms with E-state index in [2.05, 4.69) is 27.5 Å². The number of amides is 2. The Bertz CT molecular complexity index is 1090. The van der Waals surface area contributed by atoms with Gasteiger partial charge >= 0.3 is 0 Å². The van der Waals surface area contributed by atoms with Crippen molar-refractivity contribution in [3.63, 3.8) is 0 Å². The summed E-state index contributed by atoms with van der Waals surface area (Å²) >= 11 is 0. The molecule has 4 fully saturated rings. The SMILES string of the molecule is CC(C)C(NC(=O)C12CC3CC(CC(C3)C1)C2)C(=O)Nc1cccc(C#Cc2ccccn2)c1. The van der Waals surface area contributed by atoms with Crippen LogP contribution in [0.15, 0.2) is 48.7 Å². The molecule has 2 N–H and O–H groups in total. The smallest absolute Gasteiger partial charge is 0.247 e. The van der Waals surface area contributed by atoms with Gasteiger partial charge in [0.05, 0.1) is 0 Å². The lowest BCUT2D eigenvalue weighted by Gasteiger charge is -2.55. The molecule has 0 aliphatic heterocycles. The molecule has 34 heavy (non-hydrogen) atoms.